The van der Waals surface area contributed by atoms with Crippen LogP contribution in [0.3, 0.4) is 0 Å². The van der Waals surface area contributed by atoms with Gasteiger partial charge in [0, 0.05) is 11.1 Å². The van der Waals surface area contributed by atoms with E-state index in [9.17, 15) is 9.90 Å². The molecule has 0 spiro atoms. The second-order valence-electron chi connectivity index (χ2n) is 9.78. The molecule has 0 heterocycles. The van der Waals surface area contributed by atoms with Gasteiger partial charge in [-0.2, -0.15) is 0 Å². The van der Waals surface area contributed by atoms with Crippen LogP contribution in [-0.4, -0.2) is 18.0 Å². The van der Waals surface area contributed by atoms with Gasteiger partial charge in [0.2, 0.25) is 5.78 Å². The van der Waals surface area contributed by atoms with E-state index in [-0.39, 0.29) is 17.5 Å². The van der Waals surface area contributed by atoms with E-state index < -0.39 is 0 Å². The molecule has 0 saturated carbocycles. The maximum atomic E-state index is 13.2. The Balaban J connectivity index is 2.55. The summed E-state index contributed by atoms with van der Waals surface area (Å²) in [6, 6.07) is 12.0. The highest BCUT2D eigenvalue weighted by Crippen LogP contribution is 2.38. The Labute approximate surface area is 207 Å². The van der Waals surface area contributed by atoms with Gasteiger partial charge in [-0.15, -0.1) is 0 Å². The standard InChI is InChI=1S/C31H44O3/c1-8-12-21(4)24-15-11-16-25(17-24)31(33)28(32)19-27-18-26(22(5)13-9-2)20-29(34-7)30(27)23(6)14-10-3/h11,15-23,32H,8-10,12-14H2,1-7H3. The number of hydrogen-bond donors (Lipinski definition) is 1. The van der Waals surface area contributed by atoms with Crippen LogP contribution >= 0.6 is 0 Å². The van der Waals surface area contributed by atoms with Crippen molar-refractivity contribution in [3.05, 3.63) is 70.0 Å². The number of ketones is 1. The van der Waals surface area contributed by atoms with E-state index in [2.05, 4.69) is 59.7 Å². The molecule has 0 aliphatic rings. The fourth-order valence-corrected chi connectivity index (χ4v) is 4.89. The highest BCUT2D eigenvalue weighted by molar-refractivity contribution is 6.09. The van der Waals surface area contributed by atoms with Gasteiger partial charge >= 0.3 is 0 Å². The number of Topliss-reactive ketones (excluding diaryl/α,β-unsaturated/α-hetero) is 1. The number of allylic oxidation sites excluding steroid dienone is 1. The van der Waals surface area contributed by atoms with Crippen LogP contribution in [0.25, 0.3) is 6.08 Å². The normalized spacial score (nSPS) is 14.5. The van der Waals surface area contributed by atoms with Crippen LogP contribution in [0, 0.1) is 0 Å². The summed E-state index contributed by atoms with van der Waals surface area (Å²) in [5.41, 5.74) is 4.77. The summed E-state index contributed by atoms with van der Waals surface area (Å²) in [5.74, 6) is 1.27. The zero-order valence-corrected chi connectivity index (χ0v) is 22.3. The van der Waals surface area contributed by atoms with Gasteiger partial charge in [-0.05, 0) is 71.9 Å². The predicted octanol–water partition coefficient (Wildman–Crippen LogP) is 9.19. The summed E-state index contributed by atoms with van der Waals surface area (Å²) >= 11 is 0. The molecule has 0 amide bonds. The van der Waals surface area contributed by atoms with Crippen molar-refractivity contribution in [3.8, 4) is 5.75 Å². The van der Waals surface area contributed by atoms with Crippen molar-refractivity contribution >= 4 is 11.9 Å². The number of carbonyl (C=O) groups is 1. The summed E-state index contributed by atoms with van der Waals surface area (Å²) in [4.78, 5) is 13.2. The molecule has 186 valence electrons. The average Bonchev–Trinajstić information content (AvgIpc) is 2.83. The summed E-state index contributed by atoms with van der Waals surface area (Å²) in [6.07, 6.45) is 8.04. The number of aliphatic hydroxyl groups is 1. The van der Waals surface area contributed by atoms with Crippen LogP contribution in [0.2, 0.25) is 0 Å². The lowest BCUT2D eigenvalue weighted by Crippen LogP contribution is -2.07. The smallest absolute Gasteiger partial charge is 0.227 e. The molecule has 0 bridgehead atoms. The molecule has 2 aromatic rings. The molecule has 0 aromatic heterocycles. The van der Waals surface area contributed by atoms with Crippen molar-refractivity contribution in [2.24, 2.45) is 0 Å². The zero-order valence-electron chi connectivity index (χ0n) is 22.3. The zero-order chi connectivity index (χ0) is 25.3. The van der Waals surface area contributed by atoms with E-state index >= 15 is 0 Å². The minimum atomic E-state index is -0.342. The van der Waals surface area contributed by atoms with E-state index in [1.807, 2.05) is 12.1 Å². The highest BCUT2D eigenvalue weighted by Gasteiger charge is 2.20. The Morgan fingerprint density at radius 3 is 2.06 bits per heavy atom. The highest BCUT2D eigenvalue weighted by atomic mass is 16.5. The number of carbonyl (C=O) groups excluding carboxylic acids is 1. The van der Waals surface area contributed by atoms with Gasteiger partial charge in [0.25, 0.3) is 0 Å². The van der Waals surface area contributed by atoms with Crippen LogP contribution in [0.4, 0.5) is 0 Å². The van der Waals surface area contributed by atoms with E-state index in [0.29, 0.717) is 17.4 Å². The number of benzene rings is 2. The fourth-order valence-electron chi connectivity index (χ4n) is 4.89. The molecule has 0 aliphatic carbocycles. The van der Waals surface area contributed by atoms with E-state index in [1.165, 1.54) is 5.56 Å². The molecule has 3 nitrogen and oxygen atoms in total. The summed E-state index contributed by atoms with van der Waals surface area (Å²) < 4.78 is 5.82. The largest absolute Gasteiger partial charge is 0.504 e. The molecular formula is C31H44O3. The average molecular weight is 465 g/mol. The monoisotopic (exact) mass is 464 g/mol. The summed E-state index contributed by atoms with van der Waals surface area (Å²) in [7, 11) is 1.70. The lowest BCUT2D eigenvalue weighted by Gasteiger charge is -2.22. The predicted molar refractivity (Wildman–Crippen MR) is 144 cm³/mol. The lowest BCUT2D eigenvalue weighted by atomic mass is 9.86. The number of rotatable bonds is 13. The Hall–Kier alpha value is -2.55. The van der Waals surface area contributed by atoms with Gasteiger partial charge < -0.3 is 9.84 Å². The van der Waals surface area contributed by atoms with Crippen molar-refractivity contribution in [2.45, 2.75) is 97.8 Å². The van der Waals surface area contributed by atoms with E-state index in [1.54, 1.807) is 19.3 Å². The fraction of sp³-hybridized carbons (Fsp3) is 0.516. The van der Waals surface area contributed by atoms with Crippen LogP contribution in [0.15, 0.2) is 42.2 Å². The van der Waals surface area contributed by atoms with Crippen molar-refractivity contribution in [1.29, 1.82) is 0 Å². The maximum Gasteiger partial charge on any atom is 0.227 e. The number of hydrogen-bond acceptors (Lipinski definition) is 3. The van der Waals surface area contributed by atoms with Gasteiger partial charge in [0.1, 0.15) is 5.75 Å². The van der Waals surface area contributed by atoms with E-state index in [4.69, 9.17) is 4.74 Å². The molecule has 1 N–H and O–H groups in total. The van der Waals surface area contributed by atoms with Crippen LogP contribution < -0.4 is 4.74 Å². The number of ether oxygens (including phenoxy) is 1. The van der Waals surface area contributed by atoms with Crippen LogP contribution in [0.5, 0.6) is 5.75 Å². The molecule has 0 fully saturated rings. The molecular weight excluding hydrogens is 420 g/mol. The molecule has 3 atom stereocenters. The molecule has 0 aliphatic heterocycles. The summed E-state index contributed by atoms with van der Waals surface area (Å²) in [5, 5.41) is 11.0. The Bertz CT molecular complexity index is 973. The second-order valence-corrected chi connectivity index (χ2v) is 9.78. The van der Waals surface area contributed by atoms with Gasteiger partial charge in [-0.3, -0.25) is 4.79 Å². The number of methoxy groups -OCH3 is 1. The maximum absolute atomic E-state index is 13.2. The van der Waals surface area contributed by atoms with Crippen LogP contribution in [0.1, 0.15) is 130 Å². The van der Waals surface area contributed by atoms with Crippen LogP contribution in [-0.2, 0) is 0 Å². The minimum Gasteiger partial charge on any atom is -0.504 e. The van der Waals surface area contributed by atoms with Crippen molar-refractivity contribution in [1.82, 2.24) is 0 Å². The molecule has 34 heavy (non-hydrogen) atoms. The van der Waals surface area contributed by atoms with Gasteiger partial charge in [-0.1, -0.05) is 85.1 Å². The second kappa shape index (κ2) is 13.4. The number of aliphatic hydroxyl groups excluding tert-OH is 1. The topological polar surface area (TPSA) is 46.5 Å². The molecule has 2 aromatic carbocycles. The first-order chi connectivity index (χ1) is 16.3. The third-order valence-corrected chi connectivity index (χ3v) is 6.89. The summed E-state index contributed by atoms with van der Waals surface area (Å²) in [6.45, 7) is 13.1. The third kappa shape index (κ3) is 6.98. The molecule has 2 rings (SSSR count). The first-order valence-electron chi connectivity index (χ1n) is 13.0. The Morgan fingerprint density at radius 1 is 0.882 bits per heavy atom. The molecule has 3 heteroatoms. The lowest BCUT2D eigenvalue weighted by molar-refractivity contribution is 0.0980. The minimum absolute atomic E-state index is 0.229. The molecule has 3 unspecified atom stereocenters. The third-order valence-electron chi connectivity index (χ3n) is 6.89. The SMILES string of the molecule is CCCC(C)c1cccc(C(=O)C(O)=Cc2cc(C(C)CCC)cc(OC)c2C(C)CCC)c1. The van der Waals surface area contributed by atoms with E-state index in [0.717, 1.165) is 61.0 Å². The van der Waals surface area contributed by atoms with Gasteiger partial charge in [0.05, 0.1) is 7.11 Å². The Morgan fingerprint density at radius 2 is 1.47 bits per heavy atom. The first kappa shape index (κ1) is 27.7. The van der Waals surface area contributed by atoms with Crippen molar-refractivity contribution in [3.63, 3.8) is 0 Å². The van der Waals surface area contributed by atoms with Gasteiger partial charge in [0.15, 0.2) is 5.76 Å². The molecule has 0 radical (unpaired) electrons. The van der Waals surface area contributed by atoms with Crippen molar-refractivity contribution in [2.75, 3.05) is 7.11 Å². The molecule has 0 saturated heterocycles. The quantitative estimate of drug-likeness (QED) is 0.182. The Kier molecular flexibility index (Phi) is 10.9. The van der Waals surface area contributed by atoms with Crippen molar-refractivity contribution < 1.29 is 14.6 Å². The first-order valence-corrected chi connectivity index (χ1v) is 13.0. The van der Waals surface area contributed by atoms with Gasteiger partial charge in [-0.25, -0.2) is 0 Å².